The molecule has 0 amide bonds. The lowest BCUT2D eigenvalue weighted by atomic mass is 10.0. The second-order valence-electron chi connectivity index (χ2n) is 6.87. The Morgan fingerprint density at radius 3 is 2.16 bits per heavy atom. The Morgan fingerprint density at radius 2 is 1.68 bits per heavy atom. The molecule has 0 saturated heterocycles. The zero-order valence-electron chi connectivity index (χ0n) is 18.2. The molecule has 0 radical (unpaired) electrons. The first-order valence-electron chi connectivity index (χ1n) is 10.0. The predicted molar refractivity (Wildman–Crippen MR) is 119 cm³/mol. The Kier molecular flexibility index (Phi) is 9.42. The molecule has 2 aromatic rings. The topological polar surface area (TPSA) is 83.3 Å². The number of ether oxygens (including phenoxy) is 1. The highest BCUT2D eigenvalue weighted by molar-refractivity contribution is 7.80. The second-order valence-corrected chi connectivity index (χ2v) is 8.02. The van der Waals surface area contributed by atoms with Crippen molar-refractivity contribution in [3.8, 4) is 0 Å². The van der Waals surface area contributed by atoms with E-state index < -0.39 is 10.4 Å². The molecule has 0 spiro atoms. The number of rotatable bonds is 8. The van der Waals surface area contributed by atoms with Crippen LogP contribution < -0.4 is 5.01 Å². The summed E-state index contributed by atoms with van der Waals surface area (Å²) in [7, 11) is -1.42. The van der Waals surface area contributed by atoms with Gasteiger partial charge in [-0.1, -0.05) is 61.5 Å². The third kappa shape index (κ3) is 6.75. The molecule has 7 nitrogen and oxygen atoms in total. The van der Waals surface area contributed by atoms with Gasteiger partial charge in [0.05, 0.1) is 27.3 Å². The summed E-state index contributed by atoms with van der Waals surface area (Å²) in [6.45, 7) is 7.62. The standard InChI is InChI=1S/C22H26N2O.CH4O4S/c1-4-16-24-21(19-14-10-7-11-15-19)22(25-17-5-2)20(23(24)3)18-12-8-6-9-13-18;1-5-6(2,3)4/h4,6-15,21H,1,5,16-17H2,2-3H3;1H3,(H,2,3,4). The Balaban J connectivity index is 0.000000501. The van der Waals surface area contributed by atoms with Crippen LogP contribution in [-0.4, -0.2) is 45.3 Å². The molecule has 168 valence electrons. The molecule has 0 aromatic heterocycles. The lowest BCUT2D eigenvalue weighted by molar-refractivity contribution is -0.931. The summed E-state index contributed by atoms with van der Waals surface area (Å²) in [6.07, 6.45) is 2.96. The minimum Gasteiger partial charge on any atom is -0.726 e. The van der Waals surface area contributed by atoms with Crippen molar-refractivity contribution in [2.75, 3.05) is 27.3 Å². The van der Waals surface area contributed by atoms with Crippen LogP contribution in [0.4, 0.5) is 0 Å². The van der Waals surface area contributed by atoms with Crippen LogP contribution in [0.3, 0.4) is 0 Å². The average Bonchev–Trinajstić information content (AvgIpc) is 3.05. The summed E-state index contributed by atoms with van der Waals surface area (Å²) in [4.78, 5) is 0. The molecule has 3 rings (SSSR count). The van der Waals surface area contributed by atoms with Crippen molar-refractivity contribution in [1.29, 1.82) is 0 Å². The summed E-state index contributed by atoms with van der Waals surface area (Å²) in [6, 6.07) is 21.2. The Morgan fingerprint density at radius 1 is 1.13 bits per heavy atom. The summed E-state index contributed by atoms with van der Waals surface area (Å²) in [5, 5.41) is 3.63. The number of benzene rings is 2. The molecule has 8 heteroatoms. The van der Waals surface area contributed by atoms with Gasteiger partial charge in [-0.15, -0.1) is 11.6 Å². The molecule has 2 unspecified atom stereocenters. The fraction of sp³-hybridized carbons (Fsp3) is 0.304. The Hall–Kier alpha value is -2.49. The predicted octanol–water partition coefficient (Wildman–Crippen LogP) is 2.55. The second kappa shape index (κ2) is 11.8. The van der Waals surface area contributed by atoms with Crippen LogP contribution in [0.1, 0.15) is 30.5 Å². The van der Waals surface area contributed by atoms with Gasteiger partial charge in [-0.2, -0.15) is 0 Å². The van der Waals surface area contributed by atoms with Crippen molar-refractivity contribution in [3.05, 3.63) is 90.2 Å². The number of nitrogens with zero attached hydrogens (tertiary/aromatic N) is 1. The van der Waals surface area contributed by atoms with Gasteiger partial charge in [0, 0.05) is 5.56 Å². The number of hydrogen-bond acceptors (Lipinski definition) is 6. The molecule has 1 aliphatic heterocycles. The first-order chi connectivity index (χ1) is 14.8. The van der Waals surface area contributed by atoms with E-state index in [2.05, 4.69) is 90.4 Å². The van der Waals surface area contributed by atoms with Gasteiger partial charge >= 0.3 is 0 Å². The maximum Gasteiger partial charge on any atom is 0.217 e. The molecule has 2 atom stereocenters. The molecule has 0 bridgehead atoms. The molecule has 31 heavy (non-hydrogen) atoms. The smallest absolute Gasteiger partial charge is 0.217 e. The maximum atomic E-state index is 9.22. The molecule has 1 N–H and O–H groups in total. The van der Waals surface area contributed by atoms with Gasteiger partial charge in [-0.05, 0) is 24.1 Å². The van der Waals surface area contributed by atoms with E-state index in [-0.39, 0.29) is 6.04 Å². The highest BCUT2D eigenvalue weighted by Crippen LogP contribution is 2.35. The Labute approximate surface area is 185 Å². The van der Waals surface area contributed by atoms with Gasteiger partial charge in [0.1, 0.15) is 6.04 Å². The summed E-state index contributed by atoms with van der Waals surface area (Å²) < 4.78 is 37.3. The van der Waals surface area contributed by atoms with E-state index in [1.165, 1.54) is 21.8 Å². The van der Waals surface area contributed by atoms with Crippen LogP contribution in [0.15, 0.2) is 79.1 Å². The first-order valence-corrected chi connectivity index (χ1v) is 11.4. The first kappa shape index (κ1) is 24.8. The van der Waals surface area contributed by atoms with Gasteiger partial charge in [-0.25, -0.2) is 13.4 Å². The average molecular weight is 447 g/mol. The van der Waals surface area contributed by atoms with Crippen LogP contribution in [0.2, 0.25) is 0 Å². The van der Waals surface area contributed by atoms with E-state index >= 15 is 0 Å². The van der Waals surface area contributed by atoms with Gasteiger partial charge in [-0.3, -0.25) is 4.18 Å². The van der Waals surface area contributed by atoms with E-state index in [1.807, 2.05) is 6.08 Å². The molecule has 0 aliphatic carbocycles. The third-order valence-electron chi connectivity index (χ3n) is 4.77. The maximum absolute atomic E-state index is 9.22. The van der Waals surface area contributed by atoms with Crippen LogP contribution in [0.25, 0.3) is 5.70 Å². The van der Waals surface area contributed by atoms with Crippen LogP contribution in [-0.2, 0) is 19.3 Å². The molecular formula is C23H30N2O5S. The zero-order valence-corrected chi connectivity index (χ0v) is 19.0. The van der Waals surface area contributed by atoms with Gasteiger partial charge in [0.25, 0.3) is 0 Å². The van der Waals surface area contributed by atoms with E-state index in [0.29, 0.717) is 0 Å². The highest BCUT2D eigenvalue weighted by atomic mass is 32.3. The third-order valence-corrected chi connectivity index (χ3v) is 5.18. The number of nitrogens with one attached hydrogen (secondary N) is 1. The van der Waals surface area contributed by atoms with Crippen molar-refractivity contribution in [2.24, 2.45) is 0 Å². The number of hydrogen-bond donors (Lipinski definition) is 1. The number of quaternary nitrogens is 1. The molecule has 1 aliphatic rings. The Bertz CT molecular complexity index is 962. The summed E-state index contributed by atoms with van der Waals surface area (Å²) in [5.74, 6) is 1.05. The van der Waals surface area contributed by atoms with Gasteiger partial charge in [0.15, 0.2) is 11.5 Å². The van der Waals surface area contributed by atoms with Crippen molar-refractivity contribution in [2.45, 2.75) is 19.4 Å². The van der Waals surface area contributed by atoms with Crippen molar-refractivity contribution in [3.63, 3.8) is 0 Å². The van der Waals surface area contributed by atoms with E-state index in [9.17, 15) is 13.0 Å². The highest BCUT2D eigenvalue weighted by Gasteiger charge is 2.44. The SMILES string of the molecule is C=CCN1C(c2ccccc2)C(OCCC)=C(c2ccccc2)[NH+]1C.COS(=O)(=O)[O-]. The minimum absolute atomic E-state index is 0.0981. The molecule has 0 fully saturated rings. The van der Waals surface area contributed by atoms with Crippen LogP contribution in [0.5, 0.6) is 0 Å². The fourth-order valence-corrected chi connectivity index (χ4v) is 3.46. The lowest BCUT2D eigenvalue weighted by Crippen LogP contribution is -3.11. The molecule has 0 saturated carbocycles. The van der Waals surface area contributed by atoms with Gasteiger partial charge in [0.2, 0.25) is 10.4 Å². The largest absolute Gasteiger partial charge is 0.726 e. The quantitative estimate of drug-likeness (QED) is 0.381. The van der Waals surface area contributed by atoms with Gasteiger partial charge < -0.3 is 9.29 Å². The van der Waals surface area contributed by atoms with E-state index in [1.54, 1.807) is 0 Å². The van der Waals surface area contributed by atoms with Crippen LogP contribution >= 0.6 is 0 Å². The van der Waals surface area contributed by atoms with Crippen molar-refractivity contribution in [1.82, 2.24) is 5.01 Å². The monoisotopic (exact) mass is 446 g/mol. The summed E-state index contributed by atoms with van der Waals surface area (Å²) in [5.41, 5.74) is 3.67. The lowest BCUT2D eigenvalue weighted by Gasteiger charge is -2.26. The molecule has 2 aromatic carbocycles. The van der Waals surface area contributed by atoms with Crippen molar-refractivity contribution >= 4 is 16.1 Å². The minimum atomic E-state index is -4.41. The zero-order chi connectivity index (χ0) is 22.9. The normalized spacial score (nSPS) is 19.0. The fourth-order valence-electron chi connectivity index (χ4n) is 3.46. The van der Waals surface area contributed by atoms with Crippen LogP contribution in [0, 0.1) is 0 Å². The van der Waals surface area contributed by atoms with E-state index in [0.717, 1.165) is 32.4 Å². The van der Waals surface area contributed by atoms with Crippen molar-refractivity contribution < 1.29 is 26.9 Å². The molecule has 1 heterocycles. The van der Waals surface area contributed by atoms with E-state index in [4.69, 9.17) is 4.74 Å². The summed E-state index contributed by atoms with van der Waals surface area (Å²) >= 11 is 0. The molecular weight excluding hydrogens is 416 g/mol.